The summed E-state index contributed by atoms with van der Waals surface area (Å²) in [5, 5.41) is 0. The molecule has 0 aliphatic rings. The van der Waals surface area contributed by atoms with Crippen LogP contribution in [0.4, 0.5) is 0 Å². The predicted molar refractivity (Wildman–Crippen MR) is 48.3 cm³/mol. The molecule has 0 fully saturated rings. The second kappa shape index (κ2) is 7.34. The van der Waals surface area contributed by atoms with Crippen LogP contribution in [0.3, 0.4) is 0 Å². The van der Waals surface area contributed by atoms with Crippen molar-refractivity contribution < 1.29 is 14.3 Å². The molecule has 0 heterocycles. The fourth-order valence-electron chi connectivity index (χ4n) is 0.574. The lowest BCUT2D eigenvalue weighted by Crippen LogP contribution is -2.32. The molecule has 5 heteroatoms. The van der Waals surface area contributed by atoms with Crippen LogP contribution in [0.5, 0.6) is 0 Å². The molecule has 0 rings (SSSR count). The molecule has 0 saturated heterocycles. The smallest absolute Gasteiger partial charge is 0.322 e. The van der Waals surface area contributed by atoms with E-state index < -0.39 is 12.0 Å². The van der Waals surface area contributed by atoms with Gasteiger partial charge >= 0.3 is 5.97 Å². The maximum Gasteiger partial charge on any atom is 0.322 e. The minimum Gasteiger partial charge on any atom is -0.459 e. The molecule has 0 bridgehead atoms. The highest BCUT2D eigenvalue weighted by molar-refractivity contribution is 5.85. The van der Waals surface area contributed by atoms with E-state index in [0.29, 0.717) is 6.61 Å². The number of methoxy groups -OCH3 is 1. The lowest BCUT2D eigenvalue weighted by molar-refractivity contribution is -0.151. The quantitative estimate of drug-likeness (QED) is 0.660. The van der Waals surface area contributed by atoms with Crippen molar-refractivity contribution in [2.24, 2.45) is 5.73 Å². The molecule has 0 aromatic rings. The van der Waals surface area contributed by atoms with Crippen LogP contribution in [-0.4, -0.2) is 31.8 Å². The molecule has 0 aliphatic heterocycles. The largest absolute Gasteiger partial charge is 0.459 e. The van der Waals surface area contributed by atoms with Crippen LogP contribution in [0.2, 0.25) is 0 Å². The highest BCUT2D eigenvalue weighted by Gasteiger charge is 2.12. The van der Waals surface area contributed by atoms with Crippen molar-refractivity contribution >= 4 is 18.4 Å². The van der Waals surface area contributed by atoms with Gasteiger partial charge in [0.15, 0.2) is 0 Å². The van der Waals surface area contributed by atoms with Gasteiger partial charge in [-0.1, -0.05) is 0 Å². The average molecular weight is 198 g/mol. The third-order valence-electron chi connectivity index (χ3n) is 1.09. The minimum atomic E-state index is -0.561. The van der Waals surface area contributed by atoms with Gasteiger partial charge in [0.05, 0.1) is 6.61 Å². The molecular formula is C7H16ClNO3. The van der Waals surface area contributed by atoms with E-state index in [1.807, 2.05) is 0 Å². The van der Waals surface area contributed by atoms with Crippen molar-refractivity contribution in [1.82, 2.24) is 0 Å². The van der Waals surface area contributed by atoms with Crippen LogP contribution in [0.1, 0.15) is 13.8 Å². The van der Waals surface area contributed by atoms with Gasteiger partial charge in [0.25, 0.3) is 0 Å². The number of esters is 1. The molecule has 74 valence electrons. The Labute approximate surface area is 78.8 Å². The number of carbonyl (C=O) groups excluding carboxylic acids is 1. The number of rotatable bonds is 4. The number of halogens is 1. The first-order valence-electron chi connectivity index (χ1n) is 3.53. The number of hydrogen-bond acceptors (Lipinski definition) is 4. The second-order valence-electron chi connectivity index (χ2n) is 2.49. The summed E-state index contributed by atoms with van der Waals surface area (Å²) in [6.45, 7) is 3.74. The van der Waals surface area contributed by atoms with Crippen LogP contribution in [-0.2, 0) is 14.3 Å². The molecule has 4 nitrogen and oxygen atoms in total. The molecule has 0 aliphatic carbocycles. The van der Waals surface area contributed by atoms with Crippen molar-refractivity contribution in [3.8, 4) is 0 Å². The normalized spacial score (nSPS) is 14.3. The van der Waals surface area contributed by atoms with Crippen LogP contribution in [0.25, 0.3) is 0 Å². The zero-order valence-corrected chi connectivity index (χ0v) is 8.39. The maximum absolute atomic E-state index is 10.8. The summed E-state index contributed by atoms with van der Waals surface area (Å²) in [4.78, 5) is 10.8. The van der Waals surface area contributed by atoms with E-state index in [1.54, 1.807) is 21.0 Å². The minimum absolute atomic E-state index is 0. The molecular weight excluding hydrogens is 182 g/mol. The number of nitrogens with two attached hydrogens (primary N) is 1. The molecule has 2 atom stereocenters. The number of carbonyl (C=O) groups is 1. The molecule has 0 spiro atoms. The molecule has 0 aromatic heterocycles. The van der Waals surface area contributed by atoms with E-state index in [-0.39, 0.29) is 18.5 Å². The Hall–Kier alpha value is -0.320. The topological polar surface area (TPSA) is 61.5 Å². The lowest BCUT2D eigenvalue weighted by atomic mass is 10.3. The first-order chi connectivity index (χ1) is 5.07. The van der Waals surface area contributed by atoms with E-state index in [2.05, 4.69) is 0 Å². The van der Waals surface area contributed by atoms with Gasteiger partial charge in [-0.05, 0) is 13.8 Å². The molecule has 0 unspecified atom stereocenters. The monoisotopic (exact) mass is 197 g/mol. The van der Waals surface area contributed by atoms with E-state index in [1.165, 1.54) is 0 Å². The van der Waals surface area contributed by atoms with E-state index in [9.17, 15) is 4.79 Å². The van der Waals surface area contributed by atoms with Crippen molar-refractivity contribution in [3.05, 3.63) is 0 Å². The molecule has 12 heavy (non-hydrogen) atoms. The summed E-state index contributed by atoms with van der Waals surface area (Å²) >= 11 is 0. The van der Waals surface area contributed by atoms with Gasteiger partial charge in [0, 0.05) is 7.11 Å². The Balaban J connectivity index is 0. The van der Waals surface area contributed by atoms with Crippen LogP contribution in [0, 0.1) is 0 Å². The SMILES string of the molecule is COC[C@@H](C)OC(=O)[C@H](C)N.Cl. The van der Waals surface area contributed by atoms with Gasteiger partial charge in [-0.15, -0.1) is 12.4 Å². The fourth-order valence-corrected chi connectivity index (χ4v) is 0.574. The summed E-state index contributed by atoms with van der Waals surface area (Å²) in [5.74, 6) is -0.394. The third-order valence-corrected chi connectivity index (χ3v) is 1.09. The summed E-state index contributed by atoms with van der Waals surface area (Å²) in [6.07, 6.45) is -0.224. The Morgan fingerprint density at radius 1 is 1.50 bits per heavy atom. The van der Waals surface area contributed by atoms with Gasteiger partial charge in [-0.25, -0.2) is 0 Å². The first kappa shape index (κ1) is 14.2. The summed E-state index contributed by atoms with van der Waals surface area (Å²) in [5.41, 5.74) is 5.27. The van der Waals surface area contributed by atoms with E-state index >= 15 is 0 Å². The molecule has 2 N–H and O–H groups in total. The number of hydrogen-bond donors (Lipinski definition) is 1. The van der Waals surface area contributed by atoms with Crippen LogP contribution in [0.15, 0.2) is 0 Å². The Morgan fingerprint density at radius 3 is 2.33 bits per heavy atom. The number of ether oxygens (including phenoxy) is 2. The molecule has 0 aromatic carbocycles. The lowest BCUT2D eigenvalue weighted by Gasteiger charge is -2.13. The summed E-state index contributed by atoms with van der Waals surface area (Å²) < 4.78 is 9.63. The molecule has 0 saturated carbocycles. The Morgan fingerprint density at radius 2 is 2.00 bits per heavy atom. The molecule has 0 radical (unpaired) electrons. The first-order valence-corrected chi connectivity index (χ1v) is 3.53. The van der Waals surface area contributed by atoms with Crippen molar-refractivity contribution in [2.75, 3.05) is 13.7 Å². The highest BCUT2D eigenvalue weighted by atomic mass is 35.5. The third kappa shape index (κ3) is 6.39. The highest BCUT2D eigenvalue weighted by Crippen LogP contribution is 1.93. The Bertz CT molecular complexity index is 130. The summed E-state index contributed by atoms with van der Waals surface area (Å²) in [7, 11) is 1.55. The van der Waals surface area contributed by atoms with Gasteiger partial charge < -0.3 is 15.2 Å². The van der Waals surface area contributed by atoms with E-state index in [0.717, 1.165) is 0 Å². The predicted octanol–water partition coefficient (Wildman–Crippen LogP) is 0.334. The zero-order valence-electron chi connectivity index (χ0n) is 7.57. The van der Waals surface area contributed by atoms with Gasteiger partial charge in [0.1, 0.15) is 12.1 Å². The zero-order chi connectivity index (χ0) is 8.85. The summed E-state index contributed by atoms with van der Waals surface area (Å²) in [6, 6.07) is -0.561. The van der Waals surface area contributed by atoms with Gasteiger partial charge in [-0.2, -0.15) is 0 Å². The maximum atomic E-state index is 10.8. The van der Waals surface area contributed by atoms with E-state index in [4.69, 9.17) is 15.2 Å². The van der Waals surface area contributed by atoms with Crippen LogP contribution < -0.4 is 5.73 Å². The Kier molecular flexibility index (Phi) is 8.69. The molecule has 0 amide bonds. The fraction of sp³-hybridized carbons (Fsp3) is 0.857. The van der Waals surface area contributed by atoms with Crippen molar-refractivity contribution in [3.63, 3.8) is 0 Å². The average Bonchev–Trinajstić information content (AvgIpc) is 1.87. The van der Waals surface area contributed by atoms with Gasteiger partial charge in [0.2, 0.25) is 0 Å². The standard InChI is InChI=1S/C7H15NO3.ClH/c1-5(4-10-3)11-7(9)6(2)8;/h5-6H,4,8H2,1-3H3;1H/t5-,6+;/m1./s1. The van der Waals surface area contributed by atoms with Crippen molar-refractivity contribution in [1.29, 1.82) is 0 Å². The van der Waals surface area contributed by atoms with Crippen LogP contribution >= 0.6 is 12.4 Å². The van der Waals surface area contributed by atoms with Gasteiger partial charge in [-0.3, -0.25) is 4.79 Å². The van der Waals surface area contributed by atoms with Crippen molar-refractivity contribution in [2.45, 2.75) is 26.0 Å². The second-order valence-corrected chi connectivity index (χ2v) is 2.49.